The molecule has 1 spiro atoms. The summed E-state index contributed by atoms with van der Waals surface area (Å²) in [4.78, 5) is 40.1. The van der Waals surface area contributed by atoms with Crippen LogP contribution in [0.4, 0.5) is 10.5 Å². The highest BCUT2D eigenvalue weighted by Gasteiger charge is 2.55. The van der Waals surface area contributed by atoms with Gasteiger partial charge in [0, 0.05) is 32.7 Å². The Morgan fingerprint density at radius 3 is 2.58 bits per heavy atom. The highest BCUT2D eigenvalue weighted by atomic mass is 16.2. The highest BCUT2D eigenvalue weighted by Crippen LogP contribution is 2.41. The molecule has 0 aromatic heterocycles. The van der Waals surface area contributed by atoms with Crippen LogP contribution in [0, 0.1) is 5.41 Å². The first-order chi connectivity index (χ1) is 11.4. The second-order valence-electron chi connectivity index (χ2n) is 6.52. The smallest absolute Gasteiger partial charge is 0.330 e. The Hall–Kier alpha value is -2.89. The Labute approximate surface area is 139 Å². The van der Waals surface area contributed by atoms with Crippen molar-refractivity contribution in [1.82, 2.24) is 10.2 Å². The molecule has 6 nitrogen and oxygen atoms in total. The second kappa shape index (κ2) is 4.80. The van der Waals surface area contributed by atoms with Gasteiger partial charge in [-0.3, -0.25) is 19.8 Å². The van der Waals surface area contributed by atoms with Crippen LogP contribution in [-0.4, -0.2) is 43.4 Å². The summed E-state index contributed by atoms with van der Waals surface area (Å²) < 4.78 is 0. The predicted molar refractivity (Wildman–Crippen MR) is 89.7 cm³/mol. The Kier molecular flexibility index (Phi) is 2.94. The lowest BCUT2D eigenvalue weighted by Crippen LogP contribution is -2.67. The molecule has 0 bridgehead atoms. The standard InChI is InChI=1S/C18H17N3O3/c1-20-10-18(15(22)19-17(24)21(2)16(18)23)9-13-12-6-4-3-5-11(12)7-8-14(13)20/h3-8H,9-10H2,1-2H3,(H,19,22,24)/t18-/m1/s1. The van der Waals surface area contributed by atoms with Crippen LogP contribution in [0.3, 0.4) is 0 Å². The van der Waals surface area contributed by atoms with E-state index in [1.54, 1.807) is 0 Å². The van der Waals surface area contributed by atoms with Crippen molar-refractivity contribution in [2.45, 2.75) is 6.42 Å². The Morgan fingerprint density at radius 2 is 1.79 bits per heavy atom. The Morgan fingerprint density at radius 1 is 1.04 bits per heavy atom. The number of nitrogens with zero attached hydrogens (tertiary/aromatic N) is 2. The van der Waals surface area contributed by atoms with Gasteiger partial charge in [-0.25, -0.2) is 4.79 Å². The molecule has 6 heteroatoms. The molecule has 2 aromatic rings. The number of carbonyl (C=O) groups excluding carboxylic acids is 3. The molecule has 4 rings (SSSR count). The average molecular weight is 323 g/mol. The van der Waals surface area contributed by atoms with Crippen molar-refractivity contribution in [3.63, 3.8) is 0 Å². The predicted octanol–water partition coefficient (Wildman–Crippen LogP) is 1.53. The molecule has 2 aromatic carbocycles. The number of urea groups is 1. The lowest BCUT2D eigenvalue weighted by molar-refractivity contribution is -0.150. The molecular formula is C18H17N3O3. The normalized spacial score (nSPS) is 23.7. The summed E-state index contributed by atoms with van der Waals surface area (Å²) in [5.41, 5.74) is 0.710. The monoisotopic (exact) mass is 323 g/mol. The molecule has 1 N–H and O–H groups in total. The van der Waals surface area contributed by atoms with E-state index in [2.05, 4.69) is 5.32 Å². The van der Waals surface area contributed by atoms with E-state index in [-0.39, 0.29) is 13.0 Å². The minimum absolute atomic E-state index is 0.251. The van der Waals surface area contributed by atoms with Crippen LogP contribution in [0.1, 0.15) is 5.56 Å². The zero-order valence-electron chi connectivity index (χ0n) is 13.5. The maximum atomic E-state index is 12.8. The number of fused-ring (bicyclic) bond motifs is 3. The number of benzene rings is 2. The summed E-state index contributed by atoms with van der Waals surface area (Å²) in [5.74, 6) is -0.956. The third-order valence-corrected chi connectivity index (χ3v) is 5.09. The van der Waals surface area contributed by atoms with Gasteiger partial charge in [0.05, 0.1) is 0 Å². The zero-order chi connectivity index (χ0) is 17.1. The van der Waals surface area contributed by atoms with Gasteiger partial charge in [0.25, 0.3) is 0 Å². The molecule has 2 aliphatic heterocycles. The number of barbiturate groups is 1. The molecule has 2 aliphatic rings. The molecule has 24 heavy (non-hydrogen) atoms. The molecule has 0 aliphatic carbocycles. The van der Waals surface area contributed by atoms with Crippen molar-refractivity contribution in [3.05, 3.63) is 42.0 Å². The largest absolute Gasteiger partial charge is 0.373 e. The fraction of sp³-hybridized carbons (Fsp3) is 0.278. The SMILES string of the molecule is CN1C(=O)NC(=O)[C@]2(Cc3c(ccc4ccccc34)N(C)C2)C1=O. The van der Waals surface area contributed by atoms with Gasteiger partial charge in [0.2, 0.25) is 11.8 Å². The quantitative estimate of drug-likeness (QED) is 0.747. The van der Waals surface area contributed by atoms with Crippen molar-refractivity contribution in [3.8, 4) is 0 Å². The third-order valence-electron chi connectivity index (χ3n) is 5.09. The topological polar surface area (TPSA) is 69.7 Å². The molecule has 4 amide bonds. The molecular weight excluding hydrogens is 306 g/mol. The summed E-state index contributed by atoms with van der Waals surface area (Å²) in [6.07, 6.45) is 0.288. The van der Waals surface area contributed by atoms with Crippen LogP contribution >= 0.6 is 0 Å². The van der Waals surface area contributed by atoms with E-state index in [1.165, 1.54) is 7.05 Å². The van der Waals surface area contributed by atoms with Gasteiger partial charge in [-0.05, 0) is 22.4 Å². The minimum atomic E-state index is -1.27. The van der Waals surface area contributed by atoms with Gasteiger partial charge in [0.15, 0.2) is 0 Å². The van der Waals surface area contributed by atoms with Crippen LogP contribution in [-0.2, 0) is 16.0 Å². The van der Waals surface area contributed by atoms with E-state index in [1.807, 2.05) is 48.3 Å². The fourth-order valence-electron chi connectivity index (χ4n) is 3.82. The van der Waals surface area contributed by atoms with E-state index in [0.29, 0.717) is 0 Å². The molecule has 0 unspecified atom stereocenters. The molecule has 0 saturated carbocycles. The van der Waals surface area contributed by atoms with Crippen LogP contribution in [0.2, 0.25) is 0 Å². The van der Waals surface area contributed by atoms with E-state index < -0.39 is 23.3 Å². The maximum Gasteiger partial charge on any atom is 0.330 e. The van der Waals surface area contributed by atoms with Crippen LogP contribution in [0.15, 0.2) is 36.4 Å². The molecule has 1 fully saturated rings. The van der Waals surface area contributed by atoms with E-state index in [4.69, 9.17) is 0 Å². The van der Waals surface area contributed by atoms with E-state index >= 15 is 0 Å². The van der Waals surface area contributed by atoms with Crippen molar-refractivity contribution < 1.29 is 14.4 Å². The number of nitrogens with one attached hydrogen (secondary N) is 1. The summed E-state index contributed by atoms with van der Waals surface area (Å²) in [6, 6.07) is 11.3. The van der Waals surface area contributed by atoms with Gasteiger partial charge >= 0.3 is 6.03 Å². The molecule has 0 radical (unpaired) electrons. The van der Waals surface area contributed by atoms with Crippen molar-refractivity contribution in [1.29, 1.82) is 0 Å². The van der Waals surface area contributed by atoms with Crippen LogP contribution in [0.25, 0.3) is 10.8 Å². The molecule has 1 saturated heterocycles. The van der Waals surface area contributed by atoms with Gasteiger partial charge < -0.3 is 4.90 Å². The summed E-state index contributed by atoms with van der Waals surface area (Å²) >= 11 is 0. The number of amides is 4. The third kappa shape index (κ3) is 1.79. The van der Waals surface area contributed by atoms with Gasteiger partial charge in [-0.15, -0.1) is 0 Å². The van der Waals surface area contributed by atoms with Crippen LogP contribution < -0.4 is 10.2 Å². The summed E-state index contributed by atoms with van der Waals surface area (Å²) in [5, 5.41) is 4.41. The summed E-state index contributed by atoms with van der Waals surface area (Å²) in [6.45, 7) is 0.251. The van der Waals surface area contributed by atoms with Crippen molar-refractivity contribution in [2.75, 3.05) is 25.5 Å². The zero-order valence-corrected chi connectivity index (χ0v) is 13.5. The highest BCUT2D eigenvalue weighted by molar-refractivity contribution is 6.20. The minimum Gasteiger partial charge on any atom is -0.373 e. The molecule has 2 heterocycles. The number of carbonyl (C=O) groups is 3. The lowest BCUT2D eigenvalue weighted by Gasteiger charge is -2.44. The van der Waals surface area contributed by atoms with Gasteiger partial charge in [-0.1, -0.05) is 30.3 Å². The first-order valence-electron chi connectivity index (χ1n) is 7.79. The number of rotatable bonds is 0. The van der Waals surface area contributed by atoms with Crippen molar-refractivity contribution >= 4 is 34.3 Å². The number of hydrogen-bond donors (Lipinski definition) is 1. The number of hydrogen-bond acceptors (Lipinski definition) is 4. The number of imide groups is 2. The van der Waals surface area contributed by atoms with Gasteiger partial charge in [0.1, 0.15) is 5.41 Å². The number of anilines is 1. The fourth-order valence-corrected chi connectivity index (χ4v) is 3.82. The lowest BCUT2D eigenvalue weighted by atomic mass is 9.73. The second-order valence-corrected chi connectivity index (χ2v) is 6.52. The first-order valence-corrected chi connectivity index (χ1v) is 7.79. The first kappa shape index (κ1) is 14.7. The molecule has 122 valence electrons. The van der Waals surface area contributed by atoms with Crippen LogP contribution in [0.5, 0.6) is 0 Å². The summed E-state index contributed by atoms with van der Waals surface area (Å²) in [7, 11) is 3.27. The Bertz CT molecular complexity index is 908. The van der Waals surface area contributed by atoms with E-state index in [9.17, 15) is 14.4 Å². The average Bonchev–Trinajstić information content (AvgIpc) is 2.58. The Balaban J connectivity index is 1.92. The molecule has 1 atom stereocenters. The van der Waals surface area contributed by atoms with E-state index in [0.717, 1.165) is 26.9 Å². The van der Waals surface area contributed by atoms with Gasteiger partial charge in [-0.2, -0.15) is 0 Å². The maximum absolute atomic E-state index is 12.8. The van der Waals surface area contributed by atoms with Crippen molar-refractivity contribution in [2.24, 2.45) is 5.41 Å².